The van der Waals surface area contributed by atoms with Crippen LogP contribution in [0.25, 0.3) is 0 Å². The van der Waals surface area contributed by atoms with Crippen molar-refractivity contribution in [3.05, 3.63) is 70.8 Å². The zero-order valence-corrected chi connectivity index (χ0v) is 16.9. The van der Waals surface area contributed by atoms with Crippen LogP contribution in [0.15, 0.2) is 53.7 Å². The van der Waals surface area contributed by atoms with E-state index in [2.05, 4.69) is 36.3 Å². The topological polar surface area (TPSA) is 40.0 Å². The van der Waals surface area contributed by atoms with Crippen molar-refractivity contribution in [3.63, 3.8) is 0 Å². The van der Waals surface area contributed by atoms with Gasteiger partial charge in [-0.25, -0.2) is 0 Å². The van der Waals surface area contributed by atoms with E-state index in [4.69, 9.17) is 14.3 Å². The second kappa shape index (κ2) is 10.4. The van der Waals surface area contributed by atoms with Crippen LogP contribution in [0.5, 0.6) is 11.5 Å². The molecule has 0 aliphatic rings. The summed E-state index contributed by atoms with van der Waals surface area (Å²) in [4.78, 5) is 4.90. The summed E-state index contributed by atoms with van der Waals surface area (Å²) in [5.41, 5.74) is 5.26. The summed E-state index contributed by atoms with van der Waals surface area (Å²) in [5.74, 6) is 1.77. The SMILES string of the molecule is C/C=C/COc1cc(C)c(OCc2ccc(/C(CC)=N/OC)cc2)c(C)c1. The van der Waals surface area contributed by atoms with Crippen LogP contribution in [0.1, 0.15) is 42.5 Å². The number of allylic oxidation sites excluding steroid dienone is 1. The van der Waals surface area contributed by atoms with Gasteiger partial charge in [0.2, 0.25) is 0 Å². The van der Waals surface area contributed by atoms with Crippen molar-refractivity contribution < 1.29 is 14.3 Å². The molecular weight excluding hydrogens is 338 g/mol. The molecule has 0 bridgehead atoms. The second-order valence-electron chi connectivity index (χ2n) is 6.33. The third kappa shape index (κ3) is 5.88. The van der Waals surface area contributed by atoms with Crippen molar-refractivity contribution in [2.45, 2.75) is 40.7 Å². The molecule has 2 rings (SSSR count). The molecule has 2 aromatic carbocycles. The van der Waals surface area contributed by atoms with E-state index in [0.717, 1.165) is 45.9 Å². The van der Waals surface area contributed by atoms with Gasteiger partial charge in [-0.1, -0.05) is 48.5 Å². The number of nitrogens with zero attached hydrogens (tertiary/aromatic N) is 1. The van der Waals surface area contributed by atoms with E-state index in [1.165, 1.54) is 0 Å². The fourth-order valence-corrected chi connectivity index (χ4v) is 2.84. The molecule has 0 fully saturated rings. The number of oxime groups is 1. The summed E-state index contributed by atoms with van der Waals surface area (Å²) < 4.78 is 11.8. The summed E-state index contributed by atoms with van der Waals surface area (Å²) in [6.07, 6.45) is 4.79. The van der Waals surface area contributed by atoms with Crippen molar-refractivity contribution in [2.24, 2.45) is 5.16 Å². The van der Waals surface area contributed by atoms with E-state index in [1.54, 1.807) is 7.11 Å². The third-order valence-electron chi connectivity index (χ3n) is 4.22. The molecule has 0 atom stereocenters. The first kappa shape index (κ1) is 20.6. The highest BCUT2D eigenvalue weighted by molar-refractivity contribution is 6.00. The average molecular weight is 367 g/mol. The third-order valence-corrected chi connectivity index (χ3v) is 4.22. The van der Waals surface area contributed by atoms with E-state index in [0.29, 0.717) is 13.2 Å². The highest BCUT2D eigenvalue weighted by Crippen LogP contribution is 2.29. The molecule has 0 spiro atoms. The zero-order chi connectivity index (χ0) is 19.6. The number of rotatable bonds is 9. The number of ether oxygens (including phenoxy) is 2. The standard InChI is InChI=1S/C23H29NO3/c1-6-8-13-26-21-14-17(3)23(18(4)15-21)27-16-19-9-11-20(12-10-19)22(7-2)24-25-5/h6,8-12,14-15H,7,13,16H2,1-5H3/b8-6+,24-22+. The molecule has 0 radical (unpaired) electrons. The summed E-state index contributed by atoms with van der Waals surface area (Å²) >= 11 is 0. The van der Waals surface area contributed by atoms with E-state index >= 15 is 0 Å². The molecule has 0 saturated carbocycles. The van der Waals surface area contributed by atoms with Gasteiger partial charge in [-0.15, -0.1) is 0 Å². The van der Waals surface area contributed by atoms with Gasteiger partial charge in [0, 0.05) is 0 Å². The Kier molecular flexibility index (Phi) is 7.93. The lowest BCUT2D eigenvalue weighted by Gasteiger charge is -2.14. The van der Waals surface area contributed by atoms with Gasteiger partial charge in [0.1, 0.15) is 31.8 Å². The Balaban J connectivity index is 2.04. The van der Waals surface area contributed by atoms with Gasteiger partial charge >= 0.3 is 0 Å². The molecule has 0 N–H and O–H groups in total. The summed E-state index contributed by atoms with van der Waals surface area (Å²) in [7, 11) is 1.57. The molecule has 144 valence electrons. The average Bonchev–Trinajstić information content (AvgIpc) is 2.66. The van der Waals surface area contributed by atoms with Crippen molar-refractivity contribution >= 4 is 5.71 Å². The molecule has 4 nitrogen and oxygen atoms in total. The maximum absolute atomic E-state index is 6.08. The van der Waals surface area contributed by atoms with Gasteiger partial charge in [-0.05, 0) is 61.6 Å². The van der Waals surface area contributed by atoms with Crippen LogP contribution in [-0.4, -0.2) is 19.4 Å². The maximum atomic E-state index is 6.08. The number of hydrogen-bond donors (Lipinski definition) is 0. The Morgan fingerprint density at radius 3 is 2.26 bits per heavy atom. The largest absolute Gasteiger partial charge is 0.490 e. The fraction of sp³-hybridized carbons (Fsp3) is 0.348. The smallest absolute Gasteiger partial charge is 0.125 e. The Hall–Kier alpha value is -2.75. The van der Waals surface area contributed by atoms with Crippen LogP contribution >= 0.6 is 0 Å². The Labute approximate surface area is 162 Å². The van der Waals surface area contributed by atoms with E-state index in [9.17, 15) is 0 Å². The molecule has 0 heterocycles. The van der Waals surface area contributed by atoms with Gasteiger partial charge < -0.3 is 14.3 Å². The highest BCUT2D eigenvalue weighted by Gasteiger charge is 2.08. The molecule has 27 heavy (non-hydrogen) atoms. The van der Waals surface area contributed by atoms with Crippen LogP contribution in [-0.2, 0) is 11.4 Å². The van der Waals surface area contributed by atoms with Crippen molar-refractivity contribution in [1.82, 2.24) is 0 Å². The molecule has 0 amide bonds. The quantitative estimate of drug-likeness (QED) is 0.329. The predicted molar refractivity (Wildman–Crippen MR) is 111 cm³/mol. The van der Waals surface area contributed by atoms with Crippen LogP contribution in [0.4, 0.5) is 0 Å². The first-order chi connectivity index (χ1) is 13.1. The highest BCUT2D eigenvalue weighted by atomic mass is 16.6. The second-order valence-corrected chi connectivity index (χ2v) is 6.33. The van der Waals surface area contributed by atoms with E-state index in [-0.39, 0.29) is 0 Å². The molecule has 2 aromatic rings. The summed E-state index contributed by atoms with van der Waals surface area (Å²) in [5, 5.41) is 4.06. The van der Waals surface area contributed by atoms with Crippen LogP contribution in [0.3, 0.4) is 0 Å². The van der Waals surface area contributed by atoms with Crippen molar-refractivity contribution in [2.75, 3.05) is 13.7 Å². The lowest BCUT2D eigenvalue weighted by molar-refractivity contribution is 0.213. The minimum absolute atomic E-state index is 0.517. The Bertz CT molecular complexity index is 769. The van der Waals surface area contributed by atoms with Gasteiger partial charge in [0.05, 0.1) is 5.71 Å². The Morgan fingerprint density at radius 1 is 1.04 bits per heavy atom. The molecule has 0 unspecified atom stereocenters. The zero-order valence-electron chi connectivity index (χ0n) is 16.9. The maximum Gasteiger partial charge on any atom is 0.125 e. The van der Waals surface area contributed by atoms with Gasteiger partial charge in [0.25, 0.3) is 0 Å². The Morgan fingerprint density at radius 2 is 1.70 bits per heavy atom. The molecule has 0 saturated heterocycles. The molecule has 0 aliphatic carbocycles. The first-order valence-electron chi connectivity index (χ1n) is 9.26. The van der Waals surface area contributed by atoms with E-state index in [1.807, 2.05) is 45.1 Å². The van der Waals surface area contributed by atoms with Gasteiger partial charge in [-0.2, -0.15) is 0 Å². The van der Waals surface area contributed by atoms with Crippen LogP contribution in [0.2, 0.25) is 0 Å². The lowest BCUT2D eigenvalue weighted by atomic mass is 10.1. The lowest BCUT2D eigenvalue weighted by Crippen LogP contribution is -2.03. The molecule has 4 heteroatoms. The van der Waals surface area contributed by atoms with Gasteiger partial charge in [-0.3, -0.25) is 0 Å². The molecular formula is C23H29NO3. The summed E-state index contributed by atoms with van der Waals surface area (Å²) in [6, 6.07) is 12.3. The fourth-order valence-electron chi connectivity index (χ4n) is 2.84. The van der Waals surface area contributed by atoms with Crippen molar-refractivity contribution in [1.29, 1.82) is 0 Å². The minimum Gasteiger partial charge on any atom is -0.490 e. The van der Waals surface area contributed by atoms with Crippen molar-refractivity contribution in [3.8, 4) is 11.5 Å². The van der Waals surface area contributed by atoms with Gasteiger partial charge in [0.15, 0.2) is 0 Å². The molecule has 0 aromatic heterocycles. The van der Waals surface area contributed by atoms with Crippen LogP contribution in [0, 0.1) is 13.8 Å². The monoisotopic (exact) mass is 367 g/mol. The molecule has 0 aliphatic heterocycles. The number of benzene rings is 2. The number of aryl methyl sites for hydroxylation is 2. The summed E-state index contributed by atoms with van der Waals surface area (Å²) in [6.45, 7) is 9.23. The number of hydrogen-bond acceptors (Lipinski definition) is 4. The minimum atomic E-state index is 0.517. The predicted octanol–water partition coefficient (Wildman–Crippen LogP) is 5.60. The van der Waals surface area contributed by atoms with E-state index < -0.39 is 0 Å². The normalized spacial score (nSPS) is 11.7. The van der Waals surface area contributed by atoms with Crippen LogP contribution < -0.4 is 9.47 Å². The first-order valence-corrected chi connectivity index (χ1v) is 9.26.